The molecule has 1 N–H and O–H groups in total. The number of hydrogen-bond acceptors (Lipinski definition) is 2. The van der Waals surface area contributed by atoms with Crippen LogP contribution in [0.1, 0.15) is 32.8 Å². The summed E-state index contributed by atoms with van der Waals surface area (Å²) in [6.07, 6.45) is 1.80. The number of aryl methyl sites for hydroxylation is 1. The number of rotatable bonds is 6. The highest BCUT2D eigenvalue weighted by atomic mass is 28.4. The number of benzene rings is 1. The highest BCUT2D eigenvalue weighted by Crippen LogP contribution is 2.37. The molecule has 0 amide bonds. The molecule has 1 atom stereocenters. The Labute approximate surface area is 118 Å². The zero-order valence-corrected chi connectivity index (χ0v) is 13.9. The van der Waals surface area contributed by atoms with Crippen LogP contribution in [0.15, 0.2) is 30.3 Å². The van der Waals surface area contributed by atoms with Gasteiger partial charge in [-0.3, -0.25) is 0 Å². The van der Waals surface area contributed by atoms with E-state index >= 15 is 0 Å². The molecular weight excluding hydrogens is 252 g/mol. The third-order valence-corrected chi connectivity index (χ3v) is 8.60. The molecule has 0 aliphatic heterocycles. The lowest BCUT2D eigenvalue weighted by atomic mass is 10.1. The van der Waals surface area contributed by atoms with E-state index in [9.17, 15) is 5.11 Å². The third kappa shape index (κ3) is 5.09. The van der Waals surface area contributed by atoms with Crippen LogP contribution >= 0.6 is 0 Å². The average Bonchev–Trinajstić information content (AvgIpc) is 2.34. The number of aliphatic hydroxyl groups excluding tert-OH is 1. The number of hydrogen-bond donors (Lipinski definition) is 1. The highest BCUT2D eigenvalue weighted by molar-refractivity contribution is 6.74. The summed E-state index contributed by atoms with van der Waals surface area (Å²) in [7, 11) is -1.79. The van der Waals surface area contributed by atoms with E-state index in [2.05, 4.69) is 58.1 Å². The lowest BCUT2D eigenvalue weighted by molar-refractivity contribution is 0.0963. The molecule has 0 aliphatic carbocycles. The van der Waals surface area contributed by atoms with Gasteiger partial charge in [-0.25, -0.2) is 0 Å². The minimum absolute atomic E-state index is 0.0407. The summed E-state index contributed by atoms with van der Waals surface area (Å²) in [5, 5.41) is 9.72. The quantitative estimate of drug-likeness (QED) is 0.798. The fourth-order valence-corrected chi connectivity index (χ4v) is 3.13. The van der Waals surface area contributed by atoms with Crippen molar-refractivity contribution < 1.29 is 9.53 Å². The molecule has 108 valence electrons. The second-order valence-corrected chi connectivity index (χ2v) is 11.5. The van der Waals surface area contributed by atoms with Crippen LogP contribution in [0.4, 0.5) is 0 Å². The molecule has 1 unspecified atom stereocenters. The van der Waals surface area contributed by atoms with E-state index in [1.165, 1.54) is 5.56 Å². The molecule has 0 aliphatic rings. The van der Waals surface area contributed by atoms with Crippen molar-refractivity contribution in [2.45, 2.75) is 57.8 Å². The molecule has 0 bridgehead atoms. The van der Waals surface area contributed by atoms with Crippen LogP contribution < -0.4 is 0 Å². The molecule has 1 aromatic rings. The first-order valence-corrected chi connectivity index (χ1v) is 10.00. The van der Waals surface area contributed by atoms with Crippen LogP contribution in [0.5, 0.6) is 0 Å². The fraction of sp³-hybridized carbons (Fsp3) is 0.625. The molecular formula is C16H28O2Si. The van der Waals surface area contributed by atoms with Gasteiger partial charge < -0.3 is 9.53 Å². The third-order valence-electron chi connectivity index (χ3n) is 4.07. The summed E-state index contributed by atoms with van der Waals surface area (Å²) < 4.78 is 6.26. The van der Waals surface area contributed by atoms with Gasteiger partial charge in [0.25, 0.3) is 0 Å². The van der Waals surface area contributed by atoms with Crippen molar-refractivity contribution >= 4 is 8.32 Å². The van der Waals surface area contributed by atoms with Crippen LogP contribution in [0.25, 0.3) is 0 Å². The van der Waals surface area contributed by atoms with Crippen molar-refractivity contribution in [3.63, 3.8) is 0 Å². The van der Waals surface area contributed by atoms with Crippen molar-refractivity contribution in [3.8, 4) is 0 Å². The largest absolute Gasteiger partial charge is 0.412 e. The minimum Gasteiger partial charge on any atom is -0.412 e. The first-order chi connectivity index (χ1) is 8.76. The standard InChI is InChI=1S/C16H28O2Si/c1-16(2,3)19(4,5)18-15(13-17)12-11-14-9-7-6-8-10-14/h6-10,15,17H,11-13H2,1-5H3. The molecule has 0 spiro atoms. The molecule has 2 nitrogen and oxygen atoms in total. The Hall–Kier alpha value is -0.643. The van der Waals surface area contributed by atoms with Crippen molar-refractivity contribution in [1.29, 1.82) is 0 Å². The monoisotopic (exact) mass is 280 g/mol. The fourth-order valence-electron chi connectivity index (χ4n) is 1.75. The van der Waals surface area contributed by atoms with E-state index in [0.29, 0.717) is 0 Å². The normalized spacial score (nSPS) is 14.4. The summed E-state index contributed by atoms with van der Waals surface area (Å²) in [4.78, 5) is 0. The van der Waals surface area contributed by atoms with Crippen molar-refractivity contribution in [2.75, 3.05) is 6.61 Å². The first kappa shape index (κ1) is 16.4. The molecule has 0 radical (unpaired) electrons. The zero-order valence-electron chi connectivity index (χ0n) is 12.9. The van der Waals surface area contributed by atoms with Gasteiger partial charge in [-0.2, -0.15) is 0 Å². The zero-order chi connectivity index (χ0) is 14.5. The molecule has 0 fully saturated rings. The van der Waals surface area contributed by atoms with Gasteiger partial charge in [-0.15, -0.1) is 0 Å². The predicted molar refractivity (Wildman–Crippen MR) is 83.9 cm³/mol. The predicted octanol–water partition coefficient (Wildman–Crippen LogP) is 4.00. The Balaban J connectivity index is 2.55. The first-order valence-electron chi connectivity index (χ1n) is 7.09. The van der Waals surface area contributed by atoms with Gasteiger partial charge in [0.1, 0.15) is 0 Å². The Bertz CT molecular complexity index is 368. The molecule has 1 rings (SSSR count). The second kappa shape index (κ2) is 6.68. The van der Waals surface area contributed by atoms with Gasteiger partial charge in [-0.1, -0.05) is 51.1 Å². The lowest BCUT2D eigenvalue weighted by Crippen LogP contribution is -2.45. The maximum atomic E-state index is 9.53. The van der Waals surface area contributed by atoms with Gasteiger partial charge in [0.15, 0.2) is 8.32 Å². The summed E-state index contributed by atoms with van der Waals surface area (Å²) in [6.45, 7) is 11.3. The maximum Gasteiger partial charge on any atom is 0.192 e. The lowest BCUT2D eigenvalue weighted by Gasteiger charge is -2.39. The highest BCUT2D eigenvalue weighted by Gasteiger charge is 2.38. The molecule has 1 aromatic carbocycles. The average molecular weight is 280 g/mol. The van der Waals surface area contributed by atoms with Crippen LogP contribution in [0.2, 0.25) is 18.1 Å². The van der Waals surface area contributed by atoms with Crippen molar-refractivity contribution in [3.05, 3.63) is 35.9 Å². The summed E-state index contributed by atoms with van der Waals surface area (Å²) in [6, 6.07) is 10.4. The molecule has 19 heavy (non-hydrogen) atoms. The van der Waals surface area contributed by atoms with Crippen molar-refractivity contribution in [1.82, 2.24) is 0 Å². The number of aliphatic hydroxyl groups is 1. The van der Waals surface area contributed by atoms with E-state index in [-0.39, 0.29) is 17.7 Å². The Morgan fingerprint density at radius 3 is 2.21 bits per heavy atom. The maximum absolute atomic E-state index is 9.53. The van der Waals surface area contributed by atoms with E-state index < -0.39 is 8.32 Å². The Kier molecular flexibility index (Phi) is 5.77. The van der Waals surface area contributed by atoms with Crippen LogP contribution in [0, 0.1) is 0 Å². The topological polar surface area (TPSA) is 29.5 Å². The van der Waals surface area contributed by atoms with E-state index in [4.69, 9.17) is 4.43 Å². The second-order valence-electron chi connectivity index (χ2n) is 6.71. The van der Waals surface area contributed by atoms with Gasteiger partial charge in [0.05, 0.1) is 12.7 Å². The van der Waals surface area contributed by atoms with Gasteiger partial charge in [0, 0.05) is 0 Å². The van der Waals surface area contributed by atoms with E-state index in [0.717, 1.165) is 12.8 Å². The summed E-state index contributed by atoms with van der Waals surface area (Å²) in [5.74, 6) is 0. The smallest absolute Gasteiger partial charge is 0.192 e. The molecule has 0 aromatic heterocycles. The Morgan fingerprint density at radius 2 is 1.74 bits per heavy atom. The Morgan fingerprint density at radius 1 is 1.16 bits per heavy atom. The van der Waals surface area contributed by atoms with Gasteiger partial charge >= 0.3 is 0 Å². The van der Waals surface area contributed by atoms with E-state index in [1.54, 1.807) is 0 Å². The molecule has 0 saturated carbocycles. The van der Waals surface area contributed by atoms with Gasteiger partial charge in [-0.05, 0) is 36.5 Å². The SMILES string of the molecule is CC(C)(C)[Si](C)(C)OC(CO)CCc1ccccc1. The molecule has 0 heterocycles. The molecule has 0 saturated heterocycles. The van der Waals surface area contributed by atoms with E-state index in [1.807, 2.05) is 6.07 Å². The molecule has 3 heteroatoms. The summed E-state index contributed by atoms with van der Waals surface area (Å²) in [5.41, 5.74) is 1.31. The van der Waals surface area contributed by atoms with Crippen LogP contribution in [-0.4, -0.2) is 26.1 Å². The van der Waals surface area contributed by atoms with Gasteiger partial charge in [0.2, 0.25) is 0 Å². The van der Waals surface area contributed by atoms with Crippen molar-refractivity contribution in [2.24, 2.45) is 0 Å². The van der Waals surface area contributed by atoms with Crippen LogP contribution in [0.3, 0.4) is 0 Å². The van der Waals surface area contributed by atoms with Crippen LogP contribution in [-0.2, 0) is 10.8 Å². The minimum atomic E-state index is -1.79. The summed E-state index contributed by atoms with van der Waals surface area (Å²) >= 11 is 0.